The fourth-order valence-electron chi connectivity index (χ4n) is 2.12. The van der Waals surface area contributed by atoms with Crippen molar-refractivity contribution in [3.8, 4) is 0 Å². The molecule has 0 radical (unpaired) electrons. The molecule has 1 aromatic heterocycles. The first kappa shape index (κ1) is 19.7. The van der Waals surface area contributed by atoms with Crippen LogP contribution in [0.25, 0.3) is 0 Å². The first-order valence-corrected chi connectivity index (χ1v) is 8.59. The summed E-state index contributed by atoms with van der Waals surface area (Å²) in [4.78, 5) is 41.2. The van der Waals surface area contributed by atoms with Gasteiger partial charge in [-0.1, -0.05) is 0 Å². The average molecular weight is 362 g/mol. The highest BCUT2D eigenvalue weighted by Crippen LogP contribution is 2.23. The highest BCUT2D eigenvalue weighted by molar-refractivity contribution is 5.92. The summed E-state index contributed by atoms with van der Waals surface area (Å²) in [5.74, 6) is -0.647. The van der Waals surface area contributed by atoms with Crippen molar-refractivity contribution in [2.24, 2.45) is 0 Å². The van der Waals surface area contributed by atoms with E-state index in [0.717, 1.165) is 12.8 Å². The van der Waals surface area contributed by atoms with Crippen molar-refractivity contribution in [3.05, 3.63) is 23.9 Å². The third-order valence-corrected chi connectivity index (χ3v) is 3.58. The molecule has 142 valence electrons. The average Bonchev–Trinajstić information content (AvgIpc) is 3.35. The van der Waals surface area contributed by atoms with Crippen molar-refractivity contribution in [1.82, 2.24) is 15.2 Å². The molecule has 0 spiro atoms. The minimum Gasteiger partial charge on any atom is -0.452 e. The van der Waals surface area contributed by atoms with E-state index in [2.05, 4.69) is 15.6 Å². The van der Waals surface area contributed by atoms with Crippen LogP contribution >= 0.6 is 0 Å². The van der Waals surface area contributed by atoms with E-state index >= 15 is 0 Å². The summed E-state index contributed by atoms with van der Waals surface area (Å²) in [5.41, 5.74) is -0.103. The zero-order valence-electron chi connectivity index (χ0n) is 15.7. The lowest BCUT2D eigenvalue weighted by Crippen LogP contribution is -2.46. The van der Waals surface area contributed by atoms with E-state index < -0.39 is 18.5 Å². The van der Waals surface area contributed by atoms with E-state index in [9.17, 15) is 14.4 Å². The lowest BCUT2D eigenvalue weighted by atomic mass is 10.1. The van der Waals surface area contributed by atoms with Crippen molar-refractivity contribution in [1.29, 1.82) is 0 Å². The molecular formula is C18H26N4O4. The van der Waals surface area contributed by atoms with Gasteiger partial charge in [0, 0.05) is 24.8 Å². The summed E-state index contributed by atoms with van der Waals surface area (Å²) in [5, 5.41) is 5.98. The maximum atomic E-state index is 12.0. The molecule has 0 aliphatic heterocycles. The maximum absolute atomic E-state index is 12.0. The monoisotopic (exact) mass is 362 g/mol. The van der Waals surface area contributed by atoms with E-state index in [0.29, 0.717) is 11.9 Å². The minimum atomic E-state index is -0.628. The summed E-state index contributed by atoms with van der Waals surface area (Å²) in [6, 6.07) is 3.79. The van der Waals surface area contributed by atoms with Crippen LogP contribution in [-0.2, 0) is 14.3 Å². The minimum absolute atomic E-state index is 0.100. The summed E-state index contributed by atoms with van der Waals surface area (Å²) < 4.78 is 5.00. The van der Waals surface area contributed by atoms with Gasteiger partial charge in [0.05, 0.1) is 12.1 Å². The molecule has 8 nitrogen and oxygen atoms in total. The van der Waals surface area contributed by atoms with E-state index in [-0.39, 0.29) is 23.6 Å². The smallest absolute Gasteiger partial charge is 0.340 e. The molecule has 1 heterocycles. The molecule has 1 aliphatic rings. The number of ether oxygens (including phenoxy) is 1. The van der Waals surface area contributed by atoms with E-state index in [1.165, 1.54) is 18.1 Å². The number of carbonyl (C=O) groups excluding carboxylic acids is 3. The van der Waals surface area contributed by atoms with Crippen LogP contribution in [0, 0.1) is 0 Å². The molecule has 0 unspecified atom stereocenters. The quantitative estimate of drug-likeness (QED) is 0.707. The molecule has 0 bridgehead atoms. The fourth-order valence-corrected chi connectivity index (χ4v) is 2.12. The predicted octanol–water partition coefficient (Wildman–Crippen LogP) is 1.19. The SMILES string of the molecule is CN(CC(=O)NC(C)(C)C)C(=O)COC(=O)c1ccc(NC2CC2)nc1. The Morgan fingerprint density at radius 3 is 2.50 bits per heavy atom. The molecule has 1 saturated carbocycles. The topological polar surface area (TPSA) is 101 Å². The van der Waals surface area contributed by atoms with Crippen LogP contribution in [0.5, 0.6) is 0 Å². The second kappa shape index (κ2) is 8.16. The predicted molar refractivity (Wildman–Crippen MR) is 96.7 cm³/mol. The van der Waals surface area contributed by atoms with Crippen LogP contribution in [0.2, 0.25) is 0 Å². The number of carbonyl (C=O) groups is 3. The maximum Gasteiger partial charge on any atom is 0.340 e. The van der Waals surface area contributed by atoms with Gasteiger partial charge in [-0.25, -0.2) is 9.78 Å². The molecule has 8 heteroatoms. The fraction of sp³-hybridized carbons (Fsp3) is 0.556. The first-order valence-electron chi connectivity index (χ1n) is 8.59. The van der Waals surface area contributed by atoms with Gasteiger partial charge >= 0.3 is 5.97 Å². The van der Waals surface area contributed by atoms with Crippen LogP contribution in [0.4, 0.5) is 5.82 Å². The molecule has 26 heavy (non-hydrogen) atoms. The number of aromatic nitrogens is 1. The molecule has 1 fully saturated rings. The van der Waals surface area contributed by atoms with E-state index in [4.69, 9.17) is 4.74 Å². The Labute approximate surface area is 153 Å². The number of hydrogen-bond acceptors (Lipinski definition) is 6. The number of rotatable bonds is 7. The van der Waals surface area contributed by atoms with Gasteiger partial charge in [0.2, 0.25) is 5.91 Å². The van der Waals surface area contributed by atoms with Crippen molar-refractivity contribution < 1.29 is 19.1 Å². The van der Waals surface area contributed by atoms with Gasteiger partial charge in [-0.05, 0) is 45.7 Å². The van der Waals surface area contributed by atoms with Crippen LogP contribution in [0.3, 0.4) is 0 Å². The number of likely N-dealkylation sites (N-methyl/N-ethyl adjacent to an activating group) is 1. The lowest BCUT2D eigenvalue weighted by Gasteiger charge is -2.23. The Balaban J connectivity index is 1.76. The first-order chi connectivity index (χ1) is 12.1. The second-order valence-corrected chi connectivity index (χ2v) is 7.47. The van der Waals surface area contributed by atoms with Gasteiger partial charge < -0.3 is 20.3 Å². The van der Waals surface area contributed by atoms with Crippen LogP contribution in [0.1, 0.15) is 44.0 Å². The molecular weight excluding hydrogens is 336 g/mol. The largest absolute Gasteiger partial charge is 0.452 e. The summed E-state index contributed by atoms with van der Waals surface area (Å²) in [6.07, 6.45) is 3.68. The molecule has 0 atom stereocenters. The molecule has 2 amide bonds. The van der Waals surface area contributed by atoms with Crippen LogP contribution < -0.4 is 10.6 Å². The third kappa shape index (κ3) is 6.70. The summed E-state index contributed by atoms with van der Waals surface area (Å²) >= 11 is 0. The number of amides is 2. The lowest BCUT2D eigenvalue weighted by molar-refractivity contribution is -0.137. The Bertz CT molecular complexity index is 663. The van der Waals surface area contributed by atoms with Crippen molar-refractivity contribution in [2.75, 3.05) is 25.5 Å². The summed E-state index contributed by atoms with van der Waals surface area (Å²) in [7, 11) is 1.48. The molecule has 0 saturated heterocycles. The van der Waals surface area contributed by atoms with Gasteiger partial charge in [0.25, 0.3) is 5.91 Å². The number of nitrogens with zero attached hydrogens (tertiary/aromatic N) is 2. The molecule has 1 aliphatic carbocycles. The number of pyridine rings is 1. The number of esters is 1. The van der Waals surface area contributed by atoms with Gasteiger partial charge in [-0.2, -0.15) is 0 Å². The van der Waals surface area contributed by atoms with Crippen molar-refractivity contribution in [2.45, 2.75) is 45.2 Å². The van der Waals surface area contributed by atoms with E-state index in [1.54, 1.807) is 12.1 Å². The Morgan fingerprint density at radius 1 is 1.27 bits per heavy atom. The normalized spacial score (nSPS) is 13.7. The summed E-state index contributed by atoms with van der Waals surface area (Å²) in [6.45, 7) is 5.03. The number of nitrogens with one attached hydrogen (secondary N) is 2. The Kier molecular flexibility index (Phi) is 6.18. The number of anilines is 1. The van der Waals surface area contributed by atoms with Crippen molar-refractivity contribution >= 4 is 23.6 Å². The van der Waals surface area contributed by atoms with Crippen LogP contribution in [-0.4, -0.2) is 59.4 Å². The molecule has 2 rings (SSSR count). The second-order valence-electron chi connectivity index (χ2n) is 7.47. The molecule has 2 N–H and O–H groups in total. The Hall–Kier alpha value is -2.64. The standard InChI is InChI=1S/C18H26N4O4/c1-18(2,3)21-15(23)10-22(4)16(24)11-26-17(25)12-5-8-14(19-9-12)20-13-6-7-13/h5,8-9,13H,6-7,10-11H2,1-4H3,(H,19,20)(H,21,23). The molecule has 0 aromatic carbocycles. The zero-order chi connectivity index (χ0) is 19.3. The number of hydrogen-bond donors (Lipinski definition) is 2. The van der Waals surface area contributed by atoms with Crippen molar-refractivity contribution in [3.63, 3.8) is 0 Å². The highest BCUT2D eigenvalue weighted by atomic mass is 16.5. The van der Waals surface area contributed by atoms with Crippen LogP contribution in [0.15, 0.2) is 18.3 Å². The third-order valence-electron chi connectivity index (χ3n) is 3.58. The van der Waals surface area contributed by atoms with Gasteiger partial charge in [0.1, 0.15) is 5.82 Å². The van der Waals surface area contributed by atoms with Gasteiger partial charge in [-0.15, -0.1) is 0 Å². The van der Waals surface area contributed by atoms with Gasteiger partial charge in [-0.3, -0.25) is 9.59 Å². The zero-order valence-corrected chi connectivity index (χ0v) is 15.7. The highest BCUT2D eigenvalue weighted by Gasteiger charge is 2.22. The van der Waals surface area contributed by atoms with E-state index in [1.807, 2.05) is 20.8 Å². The molecule has 1 aromatic rings. The Morgan fingerprint density at radius 2 is 1.96 bits per heavy atom. The van der Waals surface area contributed by atoms with Gasteiger partial charge in [0.15, 0.2) is 6.61 Å².